The Morgan fingerprint density at radius 1 is 1.12 bits per heavy atom. The van der Waals surface area contributed by atoms with Gasteiger partial charge in [-0.05, 0) is 44.7 Å². The lowest BCUT2D eigenvalue weighted by molar-refractivity contribution is -0.117. The first-order chi connectivity index (χ1) is 20.6. The molecule has 1 atom stereocenters. The topological polar surface area (TPSA) is 115 Å². The molecule has 11 nitrogen and oxygen atoms in total. The number of hydrogen-bond acceptors (Lipinski definition) is 8. The molecule has 6 rings (SSSR count). The predicted molar refractivity (Wildman–Crippen MR) is 168 cm³/mol. The van der Waals surface area contributed by atoms with Crippen LogP contribution >= 0.6 is 0 Å². The van der Waals surface area contributed by atoms with Gasteiger partial charge in [-0.2, -0.15) is 10.1 Å². The van der Waals surface area contributed by atoms with Crippen LogP contribution in [0.3, 0.4) is 0 Å². The highest BCUT2D eigenvalue weighted by molar-refractivity contribution is 5.93. The molecule has 11 heteroatoms. The molecule has 4 aromatic heterocycles. The van der Waals surface area contributed by atoms with Crippen LogP contribution in [0.4, 0.5) is 17.6 Å². The Morgan fingerprint density at radius 2 is 1.93 bits per heavy atom. The Morgan fingerprint density at radius 3 is 2.65 bits per heavy atom. The van der Waals surface area contributed by atoms with Gasteiger partial charge >= 0.3 is 0 Å². The van der Waals surface area contributed by atoms with Crippen molar-refractivity contribution in [1.82, 2.24) is 34.2 Å². The number of pyridine rings is 2. The van der Waals surface area contributed by atoms with E-state index in [0.29, 0.717) is 35.0 Å². The molecule has 0 spiro atoms. The van der Waals surface area contributed by atoms with E-state index in [0.717, 1.165) is 62.2 Å². The maximum absolute atomic E-state index is 12.2. The quantitative estimate of drug-likeness (QED) is 0.234. The Kier molecular flexibility index (Phi) is 7.85. The number of hydrogen-bond donors (Lipinski definition) is 2. The van der Waals surface area contributed by atoms with E-state index in [1.165, 1.54) is 12.1 Å². The lowest BCUT2D eigenvalue weighted by atomic mass is 9.91. The SMILES string of the molecule is CCCN1CC[C@H](n2nc(Nc3nc4ncc(Oc5ccnc(NC(=O)C6CC6)c5)c(CC)c4n3C)cc2C(C)(C)C)C1. The van der Waals surface area contributed by atoms with Gasteiger partial charge in [0.25, 0.3) is 0 Å². The first-order valence-corrected chi connectivity index (χ1v) is 15.5. The van der Waals surface area contributed by atoms with Crippen LogP contribution in [-0.4, -0.2) is 59.7 Å². The van der Waals surface area contributed by atoms with E-state index in [1.807, 2.05) is 11.6 Å². The van der Waals surface area contributed by atoms with Crippen molar-refractivity contribution < 1.29 is 9.53 Å². The van der Waals surface area contributed by atoms with Crippen molar-refractivity contribution in [1.29, 1.82) is 0 Å². The Hall–Kier alpha value is -3.99. The van der Waals surface area contributed by atoms with Gasteiger partial charge in [0.15, 0.2) is 17.2 Å². The molecule has 2 N–H and O–H groups in total. The number of imidazole rings is 1. The van der Waals surface area contributed by atoms with Crippen LogP contribution in [0.2, 0.25) is 0 Å². The summed E-state index contributed by atoms with van der Waals surface area (Å²) in [5, 5.41) is 11.4. The normalized spacial score (nSPS) is 17.5. The largest absolute Gasteiger partial charge is 0.455 e. The monoisotopic (exact) mass is 585 g/mol. The van der Waals surface area contributed by atoms with Crippen LogP contribution in [0, 0.1) is 5.92 Å². The number of rotatable bonds is 10. The highest BCUT2D eigenvalue weighted by atomic mass is 16.5. The van der Waals surface area contributed by atoms with Crippen molar-refractivity contribution in [2.75, 3.05) is 30.3 Å². The third-order valence-electron chi connectivity index (χ3n) is 8.35. The standard InChI is InChI=1S/C32H43N9O2/c1-7-14-40-15-12-21(19-40)41-25(32(3,4)5)17-27(38-41)36-31-37-29-28(39(31)6)23(8-2)24(18-34-29)43-22-11-13-33-26(16-22)35-30(42)20-9-10-20/h11,13,16-18,20-21H,7-10,12,14-15,19H2,1-6H3,(H,33,35,42)(H,34,36,37,38)/t21-/m0/s1. The summed E-state index contributed by atoms with van der Waals surface area (Å²) in [4.78, 5) is 28.5. The Labute approximate surface area is 253 Å². The number of carbonyl (C=O) groups is 1. The fourth-order valence-electron chi connectivity index (χ4n) is 5.95. The lowest BCUT2D eigenvalue weighted by Crippen LogP contribution is -2.26. The smallest absolute Gasteiger partial charge is 0.228 e. The number of carbonyl (C=O) groups excluding carboxylic acids is 1. The van der Waals surface area contributed by atoms with Crippen LogP contribution in [0.25, 0.3) is 11.2 Å². The molecule has 4 aromatic rings. The number of anilines is 3. The molecule has 1 aliphatic heterocycles. The minimum Gasteiger partial charge on any atom is -0.455 e. The molecule has 5 heterocycles. The summed E-state index contributed by atoms with van der Waals surface area (Å²) < 4.78 is 10.6. The number of nitrogens with zero attached hydrogens (tertiary/aromatic N) is 7. The van der Waals surface area contributed by atoms with E-state index in [-0.39, 0.29) is 17.2 Å². The summed E-state index contributed by atoms with van der Waals surface area (Å²) in [6, 6.07) is 6.05. The van der Waals surface area contributed by atoms with Gasteiger partial charge in [0.2, 0.25) is 11.9 Å². The van der Waals surface area contributed by atoms with Gasteiger partial charge in [0.1, 0.15) is 11.6 Å². The van der Waals surface area contributed by atoms with Gasteiger partial charge in [-0.25, -0.2) is 9.97 Å². The molecule has 1 saturated heterocycles. The first kappa shape index (κ1) is 29.1. The van der Waals surface area contributed by atoms with Crippen molar-refractivity contribution in [2.45, 2.75) is 78.2 Å². The van der Waals surface area contributed by atoms with Crippen LogP contribution in [-0.2, 0) is 23.7 Å². The van der Waals surface area contributed by atoms with E-state index in [2.05, 4.69) is 70.9 Å². The highest BCUT2D eigenvalue weighted by Gasteiger charge is 2.31. The van der Waals surface area contributed by atoms with E-state index >= 15 is 0 Å². The minimum atomic E-state index is -0.0475. The van der Waals surface area contributed by atoms with Crippen LogP contribution < -0.4 is 15.4 Å². The number of nitrogens with one attached hydrogen (secondary N) is 2. The van der Waals surface area contributed by atoms with Crippen LogP contribution in [0.15, 0.2) is 30.6 Å². The van der Waals surface area contributed by atoms with Crippen LogP contribution in [0.1, 0.15) is 77.6 Å². The summed E-state index contributed by atoms with van der Waals surface area (Å²) in [7, 11) is 1.99. The number of aryl methyl sites for hydroxylation is 2. The zero-order valence-corrected chi connectivity index (χ0v) is 26.1. The molecule has 0 bridgehead atoms. The zero-order chi connectivity index (χ0) is 30.3. The van der Waals surface area contributed by atoms with Crippen LogP contribution in [0.5, 0.6) is 11.5 Å². The van der Waals surface area contributed by atoms with E-state index in [4.69, 9.17) is 14.8 Å². The van der Waals surface area contributed by atoms with E-state index in [9.17, 15) is 4.79 Å². The van der Waals surface area contributed by atoms with Crippen molar-refractivity contribution in [2.24, 2.45) is 13.0 Å². The molecular weight excluding hydrogens is 542 g/mol. The molecule has 2 fully saturated rings. The molecule has 0 radical (unpaired) electrons. The molecule has 1 saturated carbocycles. The zero-order valence-electron chi connectivity index (χ0n) is 26.1. The predicted octanol–water partition coefficient (Wildman–Crippen LogP) is 5.96. The number of ether oxygens (including phenoxy) is 1. The maximum atomic E-state index is 12.2. The number of aromatic nitrogens is 6. The summed E-state index contributed by atoms with van der Waals surface area (Å²) >= 11 is 0. The minimum absolute atomic E-state index is 0.0121. The van der Waals surface area contributed by atoms with Crippen molar-refractivity contribution >= 4 is 34.7 Å². The molecular formula is C32H43N9O2. The van der Waals surface area contributed by atoms with Crippen molar-refractivity contribution in [3.63, 3.8) is 0 Å². The molecule has 43 heavy (non-hydrogen) atoms. The second-order valence-corrected chi connectivity index (χ2v) is 12.8. The summed E-state index contributed by atoms with van der Waals surface area (Å²) in [5.74, 6) is 3.28. The summed E-state index contributed by atoms with van der Waals surface area (Å²) in [5.41, 5.74) is 3.71. The fourth-order valence-corrected chi connectivity index (χ4v) is 5.95. The third kappa shape index (κ3) is 6.08. The van der Waals surface area contributed by atoms with Gasteiger partial charge in [0, 0.05) is 61.1 Å². The maximum Gasteiger partial charge on any atom is 0.228 e. The number of likely N-dealkylation sites (tertiary alicyclic amines) is 1. The highest BCUT2D eigenvalue weighted by Crippen LogP contribution is 2.35. The van der Waals surface area contributed by atoms with Gasteiger partial charge in [-0.3, -0.25) is 9.48 Å². The number of amides is 1. The number of fused-ring (bicyclic) bond motifs is 1. The second-order valence-electron chi connectivity index (χ2n) is 12.8. The van der Waals surface area contributed by atoms with E-state index < -0.39 is 0 Å². The summed E-state index contributed by atoms with van der Waals surface area (Å²) in [6.45, 7) is 14.3. The third-order valence-corrected chi connectivity index (χ3v) is 8.35. The van der Waals surface area contributed by atoms with Gasteiger partial charge in [-0.1, -0.05) is 34.6 Å². The Balaban J connectivity index is 1.26. The fraction of sp³-hybridized carbons (Fsp3) is 0.531. The first-order valence-electron chi connectivity index (χ1n) is 15.5. The Bertz CT molecular complexity index is 1630. The van der Waals surface area contributed by atoms with Gasteiger partial charge < -0.3 is 24.8 Å². The molecule has 1 amide bonds. The molecule has 1 aliphatic carbocycles. The van der Waals surface area contributed by atoms with Gasteiger partial charge in [0.05, 0.1) is 17.8 Å². The molecule has 228 valence electrons. The average molecular weight is 586 g/mol. The summed E-state index contributed by atoms with van der Waals surface area (Å²) in [6.07, 6.45) is 8.23. The lowest BCUT2D eigenvalue weighted by Gasteiger charge is -2.23. The molecule has 0 aromatic carbocycles. The molecule has 0 unspecified atom stereocenters. The molecule has 2 aliphatic rings. The van der Waals surface area contributed by atoms with Gasteiger partial charge in [-0.15, -0.1) is 0 Å². The van der Waals surface area contributed by atoms with Crippen molar-refractivity contribution in [3.8, 4) is 11.5 Å². The average Bonchev–Trinajstić information content (AvgIpc) is 3.44. The van der Waals surface area contributed by atoms with Crippen molar-refractivity contribution in [3.05, 3.63) is 41.9 Å². The van der Waals surface area contributed by atoms with E-state index in [1.54, 1.807) is 24.5 Å². The second kappa shape index (κ2) is 11.6.